The first kappa shape index (κ1) is 14.5. The van der Waals surface area contributed by atoms with Crippen LogP contribution >= 0.6 is 0 Å². The molecule has 0 saturated heterocycles. The topological polar surface area (TPSA) is 52.9 Å². The van der Waals surface area contributed by atoms with Gasteiger partial charge in [0, 0.05) is 11.8 Å². The maximum Gasteiger partial charge on any atom is 0.248 e. The molecule has 0 aliphatic rings. The molecule has 0 fully saturated rings. The quantitative estimate of drug-likeness (QED) is 0.864. The van der Waals surface area contributed by atoms with Gasteiger partial charge < -0.3 is 5.32 Å². The van der Waals surface area contributed by atoms with Crippen molar-refractivity contribution in [2.45, 2.75) is 13.3 Å². The lowest BCUT2D eigenvalue weighted by Crippen LogP contribution is -2.07. The van der Waals surface area contributed by atoms with Gasteiger partial charge in [0.05, 0.1) is 11.6 Å². The Morgan fingerprint density at radius 3 is 2.38 bits per heavy atom. The number of carbonyl (C=O) groups is 1. The predicted molar refractivity (Wildman–Crippen MR) is 84.6 cm³/mol. The monoisotopic (exact) mass is 276 g/mol. The number of anilines is 1. The summed E-state index contributed by atoms with van der Waals surface area (Å²) in [4.78, 5) is 11.8. The Hall–Kier alpha value is -2.86. The average Bonchev–Trinajstić information content (AvgIpc) is 2.54. The first-order chi connectivity index (χ1) is 10.2. The van der Waals surface area contributed by atoms with Crippen LogP contribution in [0.15, 0.2) is 54.6 Å². The van der Waals surface area contributed by atoms with Crippen molar-refractivity contribution >= 4 is 17.7 Å². The number of hydrogen-bond acceptors (Lipinski definition) is 2. The van der Waals surface area contributed by atoms with Gasteiger partial charge in [0.1, 0.15) is 0 Å². The van der Waals surface area contributed by atoms with E-state index >= 15 is 0 Å². The smallest absolute Gasteiger partial charge is 0.248 e. The zero-order valence-corrected chi connectivity index (χ0v) is 11.8. The van der Waals surface area contributed by atoms with Crippen molar-refractivity contribution in [3.8, 4) is 6.07 Å². The largest absolute Gasteiger partial charge is 0.323 e. The van der Waals surface area contributed by atoms with E-state index in [0.717, 1.165) is 12.0 Å². The summed E-state index contributed by atoms with van der Waals surface area (Å²) in [7, 11) is 0. The summed E-state index contributed by atoms with van der Waals surface area (Å²) in [6.07, 6.45) is 4.28. The van der Waals surface area contributed by atoms with Crippen molar-refractivity contribution in [2.75, 3.05) is 5.32 Å². The zero-order valence-electron chi connectivity index (χ0n) is 11.8. The van der Waals surface area contributed by atoms with Crippen LogP contribution in [0.3, 0.4) is 0 Å². The van der Waals surface area contributed by atoms with Crippen LogP contribution in [0.4, 0.5) is 5.69 Å². The summed E-state index contributed by atoms with van der Waals surface area (Å²) < 4.78 is 0. The van der Waals surface area contributed by atoms with E-state index in [2.05, 4.69) is 24.4 Å². The predicted octanol–water partition coefficient (Wildman–Crippen LogP) is 3.77. The van der Waals surface area contributed by atoms with Gasteiger partial charge in [-0.05, 0) is 47.9 Å². The molecule has 2 rings (SSSR count). The number of hydrogen-bond donors (Lipinski definition) is 1. The van der Waals surface area contributed by atoms with E-state index in [4.69, 9.17) is 5.26 Å². The second kappa shape index (κ2) is 7.06. The first-order valence-corrected chi connectivity index (χ1v) is 6.79. The number of benzene rings is 2. The Bertz CT molecular complexity index is 677. The molecule has 0 saturated carbocycles. The standard InChI is InChI=1S/C18H16N2O/c1-2-14-3-5-15(6-4-14)9-12-18(21)20-17-10-7-16(13-19)8-11-17/h3-12H,2H2,1H3,(H,20,21)/b12-9+. The number of amides is 1. The first-order valence-electron chi connectivity index (χ1n) is 6.79. The highest BCUT2D eigenvalue weighted by Gasteiger charge is 1.98. The van der Waals surface area contributed by atoms with Crippen LogP contribution in [0, 0.1) is 11.3 Å². The molecule has 0 radical (unpaired) electrons. The number of nitriles is 1. The maximum atomic E-state index is 11.8. The molecular formula is C18H16N2O. The molecule has 0 spiro atoms. The van der Waals surface area contributed by atoms with Gasteiger partial charge in [0.15, 0.2) is 0 Å². The van der Waals surface area contributed by atoms with Crippen molar-refractivity contribution in [3.63, 3.8) is 0 Å². The van der Waals surface area contributed by atoms with E-state index in [9.17, 15) is 4.79 Å². The molecule has 0 heterocycles. The van der Waals surface area contributed by atoms with Crippen molar-refractivity contribution < 1.29 is 4.79 Å². The van der Waals surface area contributed by atoms with Crippen molar-refractivity contribution in [3.05, 3.63) is 71.3 Å². The lowest BCUT2D eigenvalue weighted by molar-refractivity contribution is -0.111. The molecule has 0 aliphatic heterocycles. The van der Waals surface area contributed by atoms with Gasteiger partial charge in [-0.2, -0.15) is 5.26 Å². The molecule has 21 heavy (non-hydrogen) atoms. The molecular weight excluding hydrogens is 260 g/mol. The SMILES string of the molecule is CCc1ccc(/C=C/C(=O)Nc2ccc(C#N)cc2)cc1. The molecule has 3 nitrogen and oxygen atoms in total. The van der Waals surface area contributed by atoms with Gasteiger partial charge in [-0.3, -0.25) is 4.79 Å². The van der Waals surface area contributed by atoms with Gasteiger partial charge in [-0.1, -0.05) is 31.2 Å². The molecule has 1 N–H and O–H groups in total. The molecule has 0 bridgehead atoms. The average molecular weight is 276 g/mol. The van der Waals surface area contributed by atoms with Gasteiger partial charge in [0.25, 0.3) is 0 Å². The van der Waals surface area contributed by atoms with Gasteiger partial charge in [-0.15, -0.1) is 0 Å². The fourth-order valence-electron chi connectivity index (χ4n) is 1.85. The third kappa shape index (κ3) is 4.32. The van der Waals surface area contributed by atoms with Crippen LogP contribution in [0.5, 0.6) is 0 Å². The highest BCUT2D eigenvalue weighted by molar-refractivity contribution is 6.01. The molecule has 1 amide bonds. The van der Waals surface area contributed by atoms with Crippen molar-refractivity contribution in [1.82, 2.24) is 0 Å². The van der Waals surface area contributed by atoms with Crippen LogP contribution in [0.2, 0.25) is 0 Å². The Balaban J connectivity index is 1.96. The van der Waals surface area contributed by atoms with Gasteiger partial charge in [0.2, 0.25) is 5.91 Å². The second-order valence-corrected chi connectivity index (χ2v) is 4.61. The lowest BCUT2D eigenvalue weighted by atomic mass is 10.1. The molecule has 104 valence electrons. The highest BCUT2D eigenvalue weighted by atomic mass is 16.1. The number of rotatable bonds is 4. The summed E-state index contributed by atoms with van der Waals surface area (Å²) in [5.41, 5.74) is 3.50. The Morgan fingerprint density at radius 1 is 1.14 bits per heavy atom. The van der Waals surface area contributed by atoms with Crippen LogP contribution in [-0.4, -0.2) is 5.91 Å². The molecule has 0 aliphatic carbocycles. The highest BCUT2D eigenvalue weighted by Crippen LogP contribution is 2.10. The Morgan fingerprint density at radius 2 is 1.81 bits per heavy atom. The van der Waals surface area contributed by atoms with Gasteiger partial charge in [-0.25, -0.2) is 0 Å². The molecule has 2 aromatic carbocycles. The van der Waals surface area contributed by atoms with E-state index in [1.54, 1.807) is 30.3 Å². The van der Waals surface area contributed by atoms with Crippen molar-refractivity contribution in [2.24, 2.45) is 0 Å². The molecule has 0 unspecified atom stereocenters. The third-order valence-corrected chi connectivity index (χ3v) is 3.10. The van der Waals surface area contributed by atoms with Crippen LogP contribution in [0.1, 0.15) is 23.6 Å². The molecule has 2 aromatic rings. The van der Waals surface area contributed by atoms with E-state index in [1.165, 1.54) is 11.6 Å². The van der Waals surface area contributed by atoms with Crippen LogP contribution < -0.4 is 5.32 Å². The summed E-state index contributed by atoms with van der Waals surface area (Å²) in [6, 6.07) is 16.9. The number of nitrogens with zero attached hydrogens (tertiary/aromatic N) is 1. The summed E-state index contributed by atoms with van der Waals surface area (Å²) in [6.45, 7) is 2.11. The number of nitrogens with one attached hydrogen (secondary N) is 1. The second-order valence-electron chi connectivity index (χ2n) is 4.61. The summed E-state index contributed by atoms with van der Waals surface area (Å²) in [5, 5.41) is 11.5. The van der Waals surface area contributed by atoms with Crippen LogP contribution in [-0.2, 0) is 11.2 Å². The van der Waals surface area contributed by atoms with Crippen molar-refractivity contribution in [1.29, 1.82) is 5.26 Å². The van der Waals surface area contributed by atoms with E-state index in [-0.39, 0.29) is 5.91 Å². The summed E-state index contributed by atoms with van der Waals surface area (Å²) in [5.74, 6) is -0.195. The Kier molecular flexibility index (Phi) is 4.89. The molecule has 0 aromatic heterocycles. The summed E-state index contributed by atoms with van der Waals surface area (Å²) >= 11 is 0. The van der Waals surface area contributed by atoms with E-state index < -0.39 is 0 Å². The minimum atomic E-state index is -0.195. The van der Waals surface area contributed by atoms with E-state index in [0.29, 0.717) is 11.3 Å². The maximum absolute atomic E-state index is 11.8. The molecule has 3 heteroatoms. The normalized spacial score (nSPS) is 10.3. The van der Waals surface area contributed by atoms with Gasteiger partial charge >= 0.3 is 0 Å². The van der Waals surface area contributed by atoms with E-state index in [1.807, 2.05) is 18.2 Å². The minimum Gasteiger partial charge on any atom is -0.323 e. The van der Waals surface area contributed by atoms with Crippen LogP contribution in [0.25, 0.3) is 6.08 Å². The fourth-order valence-corrected chi connectivity index (χ4v) is 1.85. The Labute approximate surface area is 124 Å². The zero-order chi connectivity index (χ0) is 15.1. The third-order valence-electron chi connectivity index (χ3n) is 3.10. The number of aryl methyl sites for hydroxylation is 1. The minimum absolute atomic E-state index is 0.195. The molecule has 0 atom stereocenters. The lowest BCUT2D eigenvalue weighted by Gasteiger charge is -2.01. The number of carbonyl (C=O) groups excluding carboxylic acids is 1. The fraction of sp³-hybridized carbons (Fsp3) is 0.111.